The number of hydrogen-bond donors (Lipinski definition) is 2. The van der Waals surface area contributed by atoms with Gasteiger partial charge in [-0.05, 0) is 31.6 Å². The summed E-state index contributed by atoms with van der Waals surface area (Å²) in [4.78, 5) is 35.6. The molecule has 2 aliphatic heterocycles. The molecule has 2 N–H and O–H groups in total. The van der Waals surface area contributed by atoms with Crippen molar-refractivity contribution < 1.29 is 19.5 Å². The Hall–Kier alpha value is -1.59. The number of amides is 2. The second kappa shape index (κ2) is 6.04. The number of piperidine rings is 1. The number of nitrogens with one attached hydrogen (secondary N) is 1. The van der Waals surface area contributed by atoms with Crippen LogP contribution < -0.4 is 5.32 Å². The highest BCUT2D eigenvalue weighted by Crippen LogP contribution is 2.23. The van der Waals surface area contributed by atoms with Crippen molar-refractivity contribution >= 4 is 17.8 Å². The minimum Gasteiger partial charge on any atom is -0.481 e. The van der Waals surface area contributed by atoms with Gasteiger partial charge in [0.1, 0.15) is 6.04 Å². The second-order valence-electron chi connectivity index (χ2n) is 5.36. The van der Waals surface area contributed by atoms with E-state index in [1.54, 1.807) is 4.90 Å². The molecule has 1 atom stereocenters. The van der Waals surface area contributed by atoms with Crippen molar-refractivity contribution in [1.82, 2.24) is 10.2 Å². The molecular formula is C13H20N2O4. The van der Waals surface area contributed by atoms with Crippen LogP contribution in [0.25, 0.3) is 0 Å². The van der Waals surface area contributed by atoms with E-state index in [0.717, 1.165) is 12.8 Å². The minimum atomic E-state index is -0.757. The van der Waals surface area contributed by atoms with Crippen LogP contribution >= 0.6 is 0 Å². The minimum absolute atomic E-state index is 0.0162. The van der Waals surface area contributed by atoms with Crippen LogP contribution in [0, 0.1) is 5.92 Å². The van der Waals surface area contributed by atoms with E-state index in [-0.39, 0.29) is 24.3 Å². The Bertz CT molecular complexity index is 375. The Morgan fingerprint density at radius 3 is 2.47 bits per heavy atom. The van der Waals surface area contributed by atoms with Crippen LogP contribution in [0.15, 0.2) is 0 Å². The number of aliphatic carboxylic acids is 1. The molecule has 2 amide bonds. The molecule has 0 spiro atoms. The van der Waals surface area contributed by atoms with E-state index in [2.05, 4.69) is 5.32 Å². The molecule has 0 aliphatic carbocycles. The molecule has 0 saturated carbocycles. The molecule has 0 radical (unpaired) electrons. The Kier molecular flexibility index (Phi) is 4.39. The van der Waals surface area contributed by atoms with E-state index in [1.807, 2.05) is 0 Å². The molecule has 0 bridgehead atoms. The molecule has 106 valence electrons. The van der Waals surface area contributed by atoms with Gasteiger partial charge >= 0.3 is 5.97 Å². The lowest BCUT2D eigenvalue weighted by molar-refractivity contribution is -0.138. The van der Waals surface area contributed by atoms with Gasteiger partial charge in [0, 0.05) is 25.9 Å². The lowest BCUT2D eigenvalue weighted by atomic mass is 9.92. The molecule has 6 heteroatoms. The van der Waals surface area contributed by atoms with Crippen LogP contribution in [0.3, 0.4) is 0 Å². The molecule has 19 heavy (non-hydrogen) atoms. The lowest BCUT2D eigenvalue weighted by Gasteiger charge is -2.33. The fourth-order valence-electron chi connectivity index (χ4n) is 2.79. The van der Waals surface area contributed by atoms with Gasteiger partial charge in [-0.3, -0.25) is 14.4 Å². The molecule has 0 aromatic heterocycles. The summed E-state index contributed by atoms with van der Waals surface area (Å²) in [5, 5.41) is 11.3. The fourth-order valence-corrected chi connectivity index (χ4v) is 2.79. The third-order valence-electron chi connectivity index (χ3n) is 3.99. The van der Waals surface area contributed by atoms with E-state index >= 15 is 0 Å². The van der Waals surface area contributed by atoms with Gasteiger partial charge in [0.2, 0.25) is 11.8 Å². The van der Waals surface area contributed by atoms with Crippen molar-refractivity contribution in [2.75, 3.05) is 13.1 Å². The van der Waals surface area contributed by atoms with Crippen molar-refractivity contribution in [3.8, 4) is 0 Å². The van der Waals surface area contributed by atoms with Gasteiger partial charge in [-0.15, -0.1) is 0 Å². The monoisotopic (exact) mass is 268 g/mol. The zero-order valence-corrected chi connectivity index (χ0v) is 10.9. The Morgan fingerprint density at radius 2 is 1.95 bits per heavy atom. The summed E-state index contributed by atoms with van der Waals surface area (Å²) in [6.07, 6.45) is 3.65. The molecule has 2 saturated heterocycles. The molecule has 0 aromatic rings. The maximum Gasteiger partial charge on any atom is 0.303 e. The normalized spacial score (nSPS) is 24.3. The average Bonchev–Trinajstić information content (AvgIpc) is 2.83. The maximum atomic E-state index is 12.1. The fraction of sp³-hybridized carbons (Fsp3) is 0.769. The highest BCUT2D eigenvalue weighted by atomic mass is 16.4. The Morgan fingerprint density at radius 1 is 1.26 bits per heavy atom. The first kappa shape index (κ1) is 13.8. The molecule has 2 aliphatic rings. The van der Waals surface area contributed by atoms with Gasteiger partial charge in [0.15, 0.2) is 0 Å². The number of carbonyl (C=O) groups is 3. The Labute approximate surface area is 112 Å². The van der Waals surface area contributed by atoms with Gasteiger partial charge in [-0.25, -0.2) is 0 Å². The highest BCUT2D eigenvalue weighted by molar-refractivity contribution is 5.90. The summed E-state index contributed by atoms with van der Waals surface area (Å²) >= 11 is 0. The molecule has 0 unspecified atom stereocenters. The summed E-state index contributed by atoms with van der Waals surface area (Å²) in [6, 6.07) is -0.344. The van der Waals surface area contributed by atoms with Crippen LogP contribution in [-0.4, -0.2) is 46.9 Å². The van der Waals surface area contributed by atoms with Crippen LogP contribution in [0.4, 0.5) is 0 Å². The third kappa shape index (κ3) is 3.68. The van der Waals surface area contributed by atoms with Crippen LogP contribution in [-0.2, 0) is 14.4 Å². The van der Waals surface area contributed by atoms with E-state index in [9.17, 15) is 14.4 Å². The smallest absolute Gasteiger partial charge is 0.303 e. The number of likely N-dealkylation sites (tertiary alicyclic amines) is 1. The molecule has 2 heterocycles. The average molecular weight is 268 g/mol. The summed E-state index contributed by atoms with van der Waals surface area (Å²) < 4.78 is 0. The van der Waals surface area contributed by atoms with Crippen LogP contribution in [0.5, 0.6) is 0 Å². The van der Waals surface area contributed by atoms with Crippen molar-refractivity contribution in [3.63, 3.8) is 0 Å². The number of hydrogen-bond acceptors (Lipinski definition) is 3. The van der Waals surface area contributed by atoms with Crippen molar-refractivity contribution in [1.29, 1.82) is 0 Å². The van der Waals surface area contributed by atoms with Crippen molar-refractivity contribution in [2.24, 2.45) is 5.92 Å². The van der Waals surface area contributed by atoms with Crippen molar-refractivity contribution in [2.45, 2.75) is 44.6 Å². The standard InChI is InChI=1S/C13H20N2O4/c16-11-3-2-10(14-11)13(19)15-7-5-9(6-8-15)1-4-12(17)18/h9-10H,1-8H2,(H,14,16)(H,17,18)/t10-/m0/s1. The van der Waals surface area contributed by atoms with E-state index in [1.165, 1.54) is 0 Å². The first-order valence-corrected chi connectivity index (χ1v) is 6.86. The van der Waals surface area contributed by atoms with Crippen LogP contribution in [0.2, 0.25) is 0 Å². The predicted molar refractivity (Wildman–Crippen MR) is 67.3 cm³/mol. The number of carboxylic acids is 1. The Balaban J connectivity index is 1.75. The quantitative estimate of drug-likeness (QED) is 0.771. The number of carboxylic acid groups (broad SMARTS) is 1. The number of nitrogens with zero attached hydrogens (tertiary/aromatic N) is 1. The second-order valence-corrected chi connectivity index (χ2v) is 5.36. The van der Waals surface area contributed by atoms with E-state index < -0.39 is 5.97 Å². The zero-order chi connectivity index (χ0) is 13.8. The summed E-state index contributed by atoms with van der Waals surface area (Å²) in [6.45, 7) is 1.35. The SMILES string of the molecule is O=C(O)CCC1CCN(C(=O)[C@@H]2CCC(=O)N2)CC1. The summed E-state index contributed by atoms with van der Waals surface area (Å²) in [7, 11) is 0. The van der Waals surface area contributed by atoms with Gasteiger partial charge in [-0.2, -0.15) is 0 Å². The first-order chi connectivity index (χ1) is 9.06. The highest BCUT2D eigenvalue weighted by Gasteiger charge is 2.32. The molecule has 0 aromatic carbocycles. The summed E-state index contributed by atoms with van der Waals surface area (Å²) in [5.74, 6) is -0.386. The molecular weight excluding hydrogens is 248 g/mol. The number of rotatable bonds is 4. The van der Waals surface area contributed by atoms with E-state index in [4.69, 9.17) is 5.11 Å². The molecule has 2 rings (SSSR count). The van der Waals surface area contributed by atoms with Crippen molar-refractivity contribution in [3.05, 3.63) is 0 Å². The zero-order valence-electron chi connectivity index (χ0n) is 10.9. The third-order valence-corrected chi connectivity index (χ3v) is 3.99. The molecule has 6 nitrogen and oxygen atoms in total. The van der Waals surface area contributed by atoms with Gasteiger partial charge in [0.05, 0.1) is 0 Å². The van der Waals surface area contributed by atoms with Gasteiger partial charge < -0.3 is 15.3 Å². The van der Waals surface area contributed by atoms with E-state index in [0.29, 0.717) is 38.3 Å². The van der Waals surface area contributed by atoms with Gasteiger partial charge in [-0.1, -0.05) is 0 Å². The van der Waals surface area contributed by atoms with Gasteiger partial charge in [0.25, 0.3) is 0 Å². The maximum absolute atomic E-state index is 12.1. The largest absolute Gasteiger partial charge is 0.481 e. The first-order valence-electron chi connectivity index (χ1n) is 6.86. The number of carbonyl (C=O) groups excluding carboxylic acids is 2. The predicted octanol–water partition coefficient (Wildman–Crippen LogP) is 0.368. The topological polar surface area (TPSA) is 86.7 Å². The summed E-state index contributed by atoms with van der Waals surface area (Å²) in [5.41, 5.74) is 0. The lowest BCUT2D eigenvalue weighted by Crippen LogP contribution is -2.47. The molecule has 2 fully saturated rings. The van der Waals surface area contributed by atoms with Crippen LogP contribution in [0.1, 0.15) is 38.5 Å².